The van der Waals surface area contributed by atoms with E-state index in [2.05, 4.69) is 0 Å². The summed E-state index contributed by atoms with van der Waals surface area (Å²) in [7, 11) is 1.81. The Morgan fingerprint density at radius 2 is 1.61 bits per heavy atom. The van der Waals surface area contributed by atoms with Gasteiger partial charge in [0.1, 0.15) is 0 Å². The molecular formula is C18H18N2O3. The Balaban J connectivity index is 2.03. The zero-order chi connectivity index (χ0) is 16.6. The highest BCUT2D eigenvalue weighted by atomic mass is 16.6. The van der Waals surface area contributed by atoms with Crippen molar-refractivity contribution in [3.8, 4) is 0 Å². The molecule has 3 atom stereocenters. The molecule has 0 bridgehead atoms. The molecule has 2 aromatic carbocycles. The first-order chi connectivity index (χ1) is 11.0. The van der Waals surface area contributed by atoms with Gasteiger partial charge in [-0.1, -0.05) is 42.5 Å². The number of hydrogen-bond acceptors (Lipinski definition) is 3. The average molecular weight is 310 g/mol. The maximum Gasteiger partial charge on any atom is 0.269 e. The summed E-state index contributed by atoms with van der Waals surface area (Å²) in [6.07, 6.45) is 0. The lowest BCUT2D eigenvalue weighted by molar-refractivity contribution is -0.384. The molecular weight excluding hydrogens is 292 g/mol. The van der Waals surface area contributed by atoms with Gasteiger partial charge in [-0.15, -0.1) is 0 Å². The molecule has 0 saturated carbocycles. The van der Waals surface area contributed by atoms with Crippen molar-refractivity contribution in [3.63, 3.8) is 0 Å². The predicted octanol–water partition coefficient (Wildman–Crippen LogP) is 3.32. The van der Waals surface area contributed by atoms with E-state index in [1.807, 2.05) is 44.3 Å². The van der Waals surface area contributed by atoms with Crippen LogP contribution in [0.2, 0.25) is 0 Å². The van der Waals surface area contributed by atoms with Crippen LogP contribution in [-0.2, 0) is 4.79 Å². The Labute approximate surface area is 134 Å². The zero-order valence-corrected chi connectivity index (χ0v) is 13.0. The van der Waals surface area contributed by atoms with E-state index in [-0.39, 0.29) is 29.5 Å². The van der Waals surface area contributed by atoms with Crippen LogP contribution in [0.25, 0.3) is 0 Å². The number of nitro benzene ring substituents is 1. The van der Waals surface area contributed by atoms with Gasteiger partial charge in [0.15, 0.2) is 0 Å². The largest absolute Gasteiger partial charge is 0.342 e. The van der Waals surface area contributed by atoms with E-state index in [4.69, 9.17) is 0 Å². The van der Waals surface area contributed by atoms with Crippen molar-refractivity contribution < 1.29 is 9.72 Å². The molecule has 1 fully saturated rings. The predicted molar refractivity (Wildman–Crippen MR) is 87.3 cm³/mol. The molecule has 1 aliphatic heterocycles. The highest BCUT2D eigenvalue weighted by molar-refractivity contribution is 5.88. The van der Waals surface area contributed by atoms with Crippen LogP contribution in [0.3, 0.4) is 0 Å². The van der Waals surface area contributed by atoms with Crippen LogP contribution < -0.4 is 0 Å². The number of nitrogens with zero attached hydrogens (tertiary/aromatic N) is 2. The van der Waals surface area contributed by atoms with E-state index in [9.17, 15) is 14.9 Å². The highest BCUT2D eigenvalue weighted by Crippen LogP contribution is 2.44. The van der Waals surface area contributed by atoms with Gasteiger partial charge in [0, 0.05) is 31.1 Å². The smallest absolute Gasteiger partial charge is 0.269 e. The first-order valence-corrected chi connectivity index (χ1v) is 7.56. The molecule has 0 N–H and O–H groups in total. The molecule has 1 saturated heterocycles. The van der Waals surface area contributed by atoms with Gasteiger partial charge >= 0.3 is 0 Å². The quantitative estimate of drug-likeness (QED) is 0.645. The Bertz CT molecular complexity index is 728. The van der Waals surface area contributed by atoms with E-state index in [1.54, 1.807) is 17.0 Å². The summed E-state index contributed by atoms with van der Waals surface area (Å²) in [6, 6.07) is 16.4. The fraction of sp³-hybridized carbons (Fsp3) is 0.278. The first-order valence-electron chi connectivity index (χ1n) is 7.56. The minimum atomic E-state index is -0.427. The third-order valence-electron chi connectivity index (χ3n) is 4.75. The molecule has 0 spiro atoms. The summed E-state index contributed by atoms with van der Waals surface area (Å²) in [6.45, 7) is 2.04. The molecule has 3 rings (SSSR count). The van der Waals surface area contributed by atoms with Crippen molar-refractivity contribution in [1.29, 1.82) is 0 Å². The number of nitro groups is 1. The third kappa shape index (κ3) is 2.59. The van der Waals surface area contributed by atoms with Crippen LogP contribution >= 0.6 is 0 Å². The molecule has 1 heterocycles. The second-order valence-corrected chi connectivity index (χ2v) is 5.95. The van der Waals surface area contributed by atoms with Crippen molar-refractivity contribution in [2.75, 3.05) is 7.05 Å². The second-order valence-electron chi connectivity index (χ2n) is 5.95. The van der Waals surface area contributed by atoms with Gasteiger partial charge in [0.2, 0.25) is 5.91 Å². The average Bonchev–Trinajstić information content (AvgIpc) is 2.80. The lowest BCUT2D eigenvalue weighted by Crippen LogP contribution is -2.28. The van der Waals surface area contributed by atoms with Crippen LogP contribution in [0.5, 0.6) is 0 Å². The summed E-state index contributed by atoms with van der Waals surface area (Å²) in [5.74, 6) is -0.214. The molecule has 2 aromatic rings. The Hall–Kier alpha value is -2.69. The first kappa shape index (κ1) is 15.2. The normalized spacial score (nSPS) is 24.0. The minimum absolute atomic E-state index is 0.0372. The number of carbonyl (C=O) groups excluding carboxylic acids is 1. The van der Waals surface area contributed by atoms with Gasteiger partial charge in [-0.2, -0.15) is 0 Å². The van der Waals surface area contributed by atoms with Gasteiger partial charge in [0.25, 0.3) is 5.69 Å². The number of amides is 1. The van der Waals surface area contributed by atoms with E-state index >= 15 is 0 Å². The van der Waals surface area contributed by atoms with Crippen molar-refractivity contribution in [2.24, 2.45) is 0 Å². The Morgan fingerprint density at radius 1 is 1.00 bits per heavy atom. The summed E-state index contributed by atoms with van der Waals surface area (Å²) in [4.78, 5) is 24.9. The maximum absolute atomic E-state index is 12.7. The number of benzene rings is 2. The van der Waals surface area contributed by atoms with Crippen molar-refractivity contribution in [1.82, 2.24) is 4.90 Å². The number of hydrogen-bond donors (Lipinski definition) is 0. The van der Waals surface area contributed by atoms with Crippen LogP contribution in [0.1, 0.15) is 29.9 Å². The summed E-state index contributed by atoms with van der Waals surface area (Å²) >= 11 is 0. The van der Waals surface area contributed by atoms with Gasteiger partial charge in [-0.3, -0.25) is 14.9 Å². The molecule has 1 aliphatic rings. The molecule has 118 valence electrons. The van der Waals surface area contributed by atoms with Crippen molar-refractivity contribution in [2.45, 2.75) is 24.8 Å². The zero-order valence-electron chi connectivity index (χ0n) is 13.0. The molecule has 0 aliphatic carbocycles. The van der Waals surface area contributed by atoms with Gasteiger partial charge < -0.3 is 4.90 Å². The number of carbonyl (C=O) groups is 1. The van der Waals surface area contributed by atoms with Crippen LogP contribution in [0.4, 0.5) is 5.69 Å². The van der Waals surface area contributed by atoms with E-state index < -0.39 is 4.92 Å². The topological polar surface area (TPSA) is 63.5 Å². The fourth-order valence-corrected chi connectivity index (χ4v) is 3.39. The SMILES string of the molecule is C[C@@H]1[C@H](c2ccccc2)[C@@H](c2ccc([N+](=O)[O-])cc2)C(=O)N1C. The maximum atomic E-state index is 12.7. The standard InChI is InChI=1S/C18H18N2O3/c1-12-16(13-6-4-3-5-7-13)17(18(21)19(12)2)14-8-10-15(11-9-14)20(22)23/h3-12,16-17H,1-2H3/t12-,16-,17-/m1/s1. The summed E-state index contributed by atoms with van der Waals surface area (Å²) < 4.78 is 0. The van der Waals surface area contributed by atoms with E-state index in [0.717, 1.165) is 11.1 Å². The Kier molecular flexibility index (Phi) is 3.86. The van der Waals surface area contributed by atoms with Crippen molar-refractivity contribution in [3.05, 3.63) is 75.8 Å². The molecule has 5 heteroatoms. The number of rotatable bonds is 3. The molecule has 1 amide bonds. The third-order valence-corrected chi connectivity index (χ3v) is 4.75. The van der Waals surface area contributed by atoms with E-state index in [0.29, 0.717) is 0 Å². The van der Waals surface area contributed by atoms with Crippen molar-refractivity contribution >= 4 is 11.6 Å². The summed E-state index contributed by atoms with van der Waals surface area (Å²) in [5, 5.41) is 10.8. The van der Waals surface area contributed by atoms with Crippen LogP contribution in [0.15, 0.2) is 54.6 Å². The summed E-state index contributed by atoms with van der Waals surface area (Å²) in [5.41, 5.74) is 1.98. The monoisotopic (exact) mass is 310 g/mol. The second kappa shape index (κ2) is 5.83. The Morgan fingerprint density at radius 3 is 2.17 bits per heavy atom. The molecule has 5 nitrogen and oxygen atoms in total. The fourth-order valence-electron chi connectivity index (χ4n) is 3.39. The molecule has 0 aromatic heterocycles. The molecule has 0 unspecified atom stereocenters. The van der Waals surface area contributed by atoms with Gasteiger partial charge in [-0.25, -0.2) is 0 Å². The number of non-ortho nitro benzene ring substituents is 1. The minimum Gasteiger partial charge on any atom is -0.342 e. The highest BCUT2D eigenvalue weighted by Gasteiger charge is 2.45. The van der Waals surface area contributed by atoms with Gasteiger partial charge in [0.05, 0.1) is 10.8 Å². The number of likely N-dealkylation sites (tertiary alicyclic amines) is 1. The van der Waals surface area contributed by atoms with Crippen LogP contribution in [0, 0.1) is 10.1 Å². The molecule has 23 heavy (non-hydrogen) atoms. The van der Waals surface area contributed by atoms with Crippen LogP contribution in [-0.4, -0.2) is 28.8 Å². The number of likely N-dealkylation sites (N-methyl/N-ethyl adjacent to an activating group) is 1. The lowest BCUT2D eigenvalue weighted by atomic mass is 9.80. The molecule has 0 radical (unpaired) electrons. The lowest BCUT2D eigenvalue weighted by Gasteiger charge is -2.22. The van der Waals surface area contributed by atoms with E-state index in [1.165, 1.54) is 12.1 Å². The van der Waals surface area contributed by atoms with Gasteiger partial charge in [-0.05, 0) is 18.1 Å².